The predicted molar refractivity (Wildman–Crippen MR) is 105 cm³/mol. The Labute approximate surface area is 155 Å². The highest BCUT2D eigenvalue weighted by Gasteiger charge is 2.28. The predicted octanol–water partition coefficient (Wildman–Crippen LogP) is 3.47. The molecule has 0 aromatic heterocycles. The molecule has 25 heavy (non-hydrogen) atoms. The number of carbonyl (C=O) groups excluding carboxylic acids is 1. The van der Waals surface area contributed by atoms with Gasteiger partial charge in [0.1, 0.15) is 0 Å². The molecule has 0 aromatic rings. The molecule has 0 aliphatic carbocycles. The van der Waals surface area contributed by atoms with Crippen LogP contribution in [-0.2, 0) is 14.3 Å². The van der Waals surface area contributed by atoms with Gasteiger partial charge in [0.2, 0.25) is 5.91 Å². The topological polar surface area (TPSA) is 50.8 Å². The van der Waals surface area contributed by atoms with Gasteiger partial charge >= 0.3 is 0 Å². The van der Waals surface area contributed by atoms with E-state index in [0.717, 1.165) is 13.0 Å². The Hall–Kier alpha value is -0.650. The average Bonchev–Trinajstić information content (AvgIpc) is 2.48. The first-order chi connectivity index (χ1) is 11.4. The molecule has 0 bridgehead atoms. The normalized spacial score (nSPS) is 13.1. The number of rotatable bonds is 13. The summed E-state index contributed by atoms with van der Waals surface area (Å²) in [4.78, 5) is 14.6. The third kappa shape index (κ3) is 11.6. The summed E-state index contributed by atoms with van der Waals surface area (Å²) in [5.74, 6) is 0.0563. The minimum absolute atomic E-state index is 0.0563. The standard InChI is InChI=1S/C20H42N2O3/c1-16(2)22(9)13-10-20(7,8)25-14-11-19(5,6)18(23)21-12-15-24-17(3)4/h16-17H,10-15H2,1-9H3,(H,21,23). The van der Waals surface area contributed by atoms with Crippen LogP contribution in [0.25, 0.3) is 0 Å². The summed E-state index contributed by atoms with van der Waals surface area (Å²) in [5, 5.41) is 2.95. The largest absolute Gasteiger partial charge is 0.377 e. The van der Waals surface area contributed by atoms with Crippen LogP contribution < -0.4 is 5.32 Å². The molecule has 0 aliphatic heterocycles. The van der Waals surface area contributed by atoms with Crippen LogP contribution >= 0.6 is 0 Å². The molecule has 0 saturated carbocycles. The van der Waals surface area contributed by atoms with Gasteiger partial charge in [-0.15, -0.1) is 0 Å². The Balaban J connectivity index is 4.15. The average molecular weight is 359 g/mol. The quantitative estimate of drug-likeness (QED) is 0.512. The Bertz CT molecular complexity index is 379. The monoisotopic (exact) mass is 358 g/mol. The van der Waals surface area contributed by atoms with E-state index >= 15 is 0 Å². The fraction of sp³-hybridized carbons (Fsp3) is 0.950. The van der Waals surface area contributed by atoms with Crippen molar-refractivity contribution in [3.63, 3.8) is 0 Å². The van der Waals surface area contributed by atoms with E-state index < -0.39 is 5.41 Å². The van der Waals surface area contributed by atoms with Gasteiger partial charge in [-0.05, 0) is 61.4 Å². The van der Waals surface area contributed by atoms with Gasteiger partial charge in [-0.3, -0.25) is 4.79 Å². The van der Waals surface area contributed by atoms with Crippen molar-refractivity contribution in [3.8, 4) is 0 Å². The molecule has 0 aromatic carbocycles. The number of nitrogens with zero attached hydrogens (tertiary/aromatic N) is 1. The minimum Gasteiger partial charge on any atom is -0.377 e. The lowest BCUT2D eigenvalue weighted by Gasteiger charge is -2.31. The number of amides is 1. The van der Waals surface area contributed by atoms with Gasteiger partial charge in [-0.1, -0.05) is 13.8 Å². The summed E-state index contributed by atoms with van der Waals surface area (Å²) in [6.45, 7) is 19.2. The number of carbonyl (C=O) groups is 1. The van der Waals surface area contributed by atoms with Crippen molar-refractivity contribution < 1.29 is 14.3 Å². The van der Waals surface area contributed by atoms with Gasteiger partial charge in [-0.2, -0.15) is 0 Å². The lowest BCUT2D eigenvalue weighted by atomic mass is 9.88. The molecule has 0 aliphatic rings. The maximum atomic E-state index is 12.3. The molecule has 0 atom stereocenters. The van der Waals surface area contributed by atoms with Gasteiger partial charge in [0.15, 0.2) is 0 Å². The van der Waals surface area contributed by atoms with E-state index in [-0.39, 0.29) is 17.6 Å². The van der Waals surface area contributed by atoms with Crippen molar-refractivity contribution >= 4 is 5.91 Å². The van der Waals surface area contributed by atoms with Gasteiger partial charge in [0.25, 0.3) is 0 Å². The SMILES string of the molecule is CC(C)OCCNC(=O)C(C)(C)CCOC(C)(C)CCN(C)C(C)C. The van der Waals surface area contributed by atoms with Crippen LogP contribution in [-0.4, -0.2) is 61.9 Å². The minimum atomic E-state index is -0.442. The van der Waals surface area contributed by atoms with Crippen LogP contribution in [0.15, 0.2) is 0 Å². The molecule has 1 N–H and O–H groups in total. The first kappa shape index (κ1) is 24.4. The van der Waals surface area contributed by atoms with E-state index in [2.05, 4.69) is 45.0 Å². The van der Waals surface area contributed by atoms with Crippen molar-refractivity contribution in [3.05, 3.63) is 0 Å². The summed E-state index contributed by atoms with van der Waals surface area (Å²) in [7, 11) is 2.14. The molecule has 0 rings (SSSR count). The zero-order valence-electron chi connectivity index (χ0n) is 18.1. The van der Waals surface area contributed by atoms with Crippen LogP contribution in [0.1, 0.15) is 68.2 Å². The maximum Gasteiger partial charge on any atom is 0.225 e. The maximum absolute atomic E-state index is 12.3. The summed E-state index contributed by atoms with van der Waals surface area (Å²) in [5.41, 5.74) is -0.622. The first-order valence-corrected chi connectivity index (χ1v) is 9.61. The molecule has 5 heteroatoms. The second-order valence-electron chi connectivity index (χ2n) is 8.74. The lowest BCUT2D eigenvalue weighted by Crippen LogP contribution is -2.40. The van der Waals surface area contributed by atoms with Crippen molar-refractivity contribution in [1.29, 1.82) is 0 Å². The van der Waals surface area contributed by atoms with Crippen LogP contribution in [0.3, 0.4) is 0 Å². The second-order valence-corrected chi connectivity index (χ2v) is 8.74. The van der Waals surface area contributed by atoms with Crippen LogP contribution in [0.2, 0.25) is 0 Å². The van der Waals surface area contributed by atoms with Crippen LogP contribution in [0.4, 0.5) is 0 Å². The highest BCUT2D eigenvalue weighted by molar-refractivity contribution is 5.81. The van der Waals surface area contributed by atoms with E-state index in [4.69, 9.17) is 9.47 Å². The molecule has 0 spiro atoms. The fourth-order valence-electron chi connectivity index (χ4n) is 2.17. The van der Waals surface area contributed by atoms with Crippen LogP contribution in [0, 0.1) is 5.41 Å². The highest BCUT2D eigenvalue weighted by Crippen LogP contribution is 2.23. The molecule has 0 saturated heterocycles. The number of nitrogens with one attached hydrogen (secondary N) is 1. The lowest BCUT2D eigenvalue weighted by molar-refractivity contribution is -0.131. The Morgan fingerprint density at radius 1 is 1.04 bits per heavy atom. The summed E-state index contributed by atoms with van der Waals surface area (Å²) in [6.07, 6.45) is 1.86. The van der Waals surface area contributed by atoms with Gasteiger partial charge in [0.05, 0.1) is 18.3 Å². The van der Waals surface area contributed by atoms with Gasteiger partial charge in [-0.25, -0.2) is 0 Å². The fourth-order valence-corrected chi connectivity index (χ4v) is 2.17. The van der Waals surface area contributed by atoms with Crippen molar-refractivity contribution in [2.24, 2.45) is 5.41 Å². The Morgan fingerprint density at radius 3 is 2.16 bits per heavy atom. The summed E-state index contributed by atoms with van der Waals surface area (Å²) < 4.78 is 11.5. The zero-order valence-corrected chi connectivity index (χ0v) is 18.1. The van der Waals surface area contributed by atoms with Gasteiger partial charge in [0, 0.05) is 31.2 Å². The molecular formula is C20H42N2O3. The molecule has 0 fully saturated rings. The zero-order chi connectivity index (χ0) is 19.7. The summed E-state index contributed by atoms with van der Waals surface area (Å²) in [6, 6.07) is 0.540. The Kier molecular flexibility index (Phi) is 10.9. The number of ether oxygens (including phenoxy) is 2. The van der Waals surface area contributed by atoms with E-state index in [1.165, 1.54) is 0 Å². The molecule has 0 heterocycles. The molecule has 1 amide bonds. The number of hydrogen-bond acceptors (Lipinski definition) is 4. The third-order valence-electron chi connectivity index (χ3n) is 4.62. The smallest absolute Gasteiger partial charge is 0.225 e. The van der Waals surface area contributed by atoms with E-state index in [1.807, 2.05) is 27.7 Å². The van der Waals surface area contributed by atoms with Gasteiger partial charge < -0.3 is 19.7 Å². The first-order valence-electron chi connectivity index (χ1n) is 9.61. The van der Waals surface area contributed by atoms with E-state index in [1.54, 1.807) is 0 Å². The van der Waals surface area contributed by atoms with Crippen molar-refractivity contribution in [2.45, 2.75) is 86.0 Å². The Morgan fingerprint density at radius 2 is 1.64 bits per heavy atom. The molecule has 0 radical (unpaired) electrons. The summed E-state index contributed by atoms with van der Waals surface area (Å²) >= 11 is 0. The number of hydrogen-bond donors (Lipinski definition) is 1. The molecular weight excluding hydrogens is 316 g/mol. The van der Waals surface area contributed by atoms with Crippen molar-refractivity contribution in [1.82, 2.24) is 10.2 Å². The van der Waals surface area contributed by atoms with Crippen LogP contribution in [0.5, 0.6) is 0 Å². The van der Waals surface area contributed by atoms with E-state index in [0.29, 0.717) is 32.2 Å². The van der Waals surface area contributed by atoms with Crippen molar-refractivity contribution in [2.75, 3.05) is 33.4 Å². The molecule has 0 unspecified atom stereocenters. The molecule has 150 valence electrons. The molecule has 5 nitrogen and oxygen atoms in total. The van der Waals surface area contributed by atoms with E-state index in [9.17, 15) is 4.79 Å². The third-order valence-corrected chi connectivity index (χ3v) is 4.62. The second kappa shape index (κ2) is 11.1. The highest BCUT2D eigenvalue weighted by atomic mass is 16.5.